The summed E-state index contributed by atoms with van der Waals surface area (Å²) >= 11 is 0. The monoisotopic (exact) mass is 213 g/mol. The number of nitrogens with one attached hydrogen (secondary N) is 1. The maximum atomic E-state index is 11.3. The van der Waals surface area contributed by atoms with Crippen LogP contribution in [0.1, 0.15) is 33.1 Å². The SMILES string of the molecule is CCCOC(=O)CCNC(=O)[C@H]1C[C@H]1C. The lowest BCUT2D eigenvalue weighted by Crippen LogP contribution is -2.28. The van der Waals surface area contributed by atoms with Crippen LogP contribution in [-0.4, -0.2) is 25.0 Å². The molecule has 0 aromatic heterocycles. The van der Waals surface area contributed by atoms with Crippen molar-refractivity contribution in [3.63, 3.8) is 0 Å². The molecule has 0 unspecified atom stereocenters. The van der Waals surface area contributed by atoms with Gasteiger partial charge in [-0.2, -0.15) is 0 Å². The Labute approximate surface area is 90.4 Å². The second-order valence-corrected chi connectivity index (χ2v) is 4.08. The summed E-state index contributed by atoms with van der Waals surface area (Å²) < 4.78 is 4.88. The largest absolute Gasteiger partial charge is 0.466 e. The molecule has 2 atom stereocenters. The van der Waals surface area contributed by atoms with Crippen molar-refractivity contribution in [1.29, 1.82) is 0 Å². The number of hydrogen-bond donors (Lipinski definition) is 1. The summed E-state index contributed by atoms with van der Waals surface area (Å²) in [5.41, 5.74) is 0. The molecule has 0 bridgehead atoms. The third-order valence-electron chi connectivity index (χ3n) is 2.54. The minimum absolute atomic E-state index is 0.0748. The van der Waals surface area contributed by atoms with Gasteiger partial charge in [-0.15, -0.1) is 0 Å². The highest BCUT2D eigenvalue weighted by Crippen LogP contribution is 2.37. The summed E-state index contributed by atoms with van der Waals surface area (Å²) in [7, 11) is 0. The molecule has 86 valence electrons. The number of hydrogen-bond acceptors (Lipinski definition) is 3. The first-order valence-electron chi connectivity index (χ1n) is 5.58. The summed E-state index contributed by atoms with van der Waals surface area (Å²) in [5.74, 6) is 0.528. The van der Waals surface area contributed by atoms with E-state index in [1.54, 1.807) is 0 Å². The molecule has 1 rings (SSSR count). The lowest BCUT2D eigenvalue weighted by molar-refractivity contribution is -0.143. The van der Waals surface area contributed by atoms with Gasteiger partial charge in [-0.3, -0.25) is 9.59 Å². The topological polar surface area (TPSA) is 55.4 Å². The Hall–Kier alpha value is -1.06. The van der Waals surface area contributed by atoms with Crippen molar-refractivity contribution in [1.82, 2.24) is 5.32 Å². The van der Waals surface area contributed by atoms with E-state index in [-0.39, 0.29) is 24.2 Å². The average molecular weight is 213 g/mol. The standard InChI is InChI=1S/C11H19NO3/c1-3-6-15-10(13)4-5-12-11(14)9-7-8(9)2/h8-9H,3-7H2,1-2H3,(H,12,14)/t8-,9+/m1/s1. The fraction of sp³-hybridized carbons (Fsp3) is 0.818. The van der Waals surface area contributed by atoms with Crippen LogP contribution in [0, 0.1) is 11.8 Å². The van der Waals surface area contributed by atoms with Crippen LogP contribution in [0.3, 0.4) is 0 Å². The van der Waals surface area contributed by atoms with Gasteiger partial charge in [0.15, 0.2) is 0 Å². The first-order chi connectivity index (χ1) is 7.15. The lowest BCUT2D eigenvalue weighted by Gasteiger charge is -2.04. The zero-order valence-corrected chi connectivity index (χ0v) is 9.41. The molecule has 1 amide bonds. The minimum atomic E-state index is -0.235. The van der Waals surface area contributed by atoms with Crippen molar-refractivity contribution in [3.05, 3.63) is 0 Å². The van der Waals surface area contributed by atoms with Crippen molar-refractivity contribution in [2.24, 2.45) is 11.8 Å². The van der Waals surface area contributed by atoms with Crippen LogP contribution in [0.2, 0.25) is 0 Å². The van der Waals surface area contributed by atoms with Gasteiger partial charge in [0.2, 0.25) is 5.91 Å². The van der Waals surface area contributed by atoms with Gasteiger partial charge in [-0.1, -0.05) is 13.8 Å². The van der Waals surface area contributed by atoms with Gasteiger partial charge >= 0.3 is 5.97 Å². The molecular weight excluding hydrogens is 194 g/mol. The summed E-state index contributed by atoms with van der Waals surface area (Å²) in [6.45, 7) is 4.86. The number of carbonyl (C=O) groups excluding carboxylic acids is 2. The van der Waals surface area contributed by atoms with Crippen molar-refractivity contribution in [2.75, 3.05) is 13.2 Å². The molecule has 0 aliphatic heterocycles. The summed E-state index contributed by atoms with van der Waals surface area (Å²) in [4.78, 5) is 22.4. The van der Waals surface area contributed by atoms with Crippen LogP contribution in [0.4, 0.5) is 0 Å². The van der Waals surface area contributed by atoms with Crippen LogP contribution in [0.15, 0.2) is 0 Å². The first kappa shape index (κ1) is 12.0. The van der Waals surface area contributed by atoms with Crippen LogP contribution in [-0.2, 0) is 14.3 Å². The van der Waals surface area contributed by atoms with Gasteiger partial charge in [-0.05, 0) is 18.8 Å². The second kappa shape index (κ2) is 5.73. The maximum Gasteiger partial charge on any atom is 0.307 e. The van der Waals surface area contributed by atoms with Gasteiger partial charge in [0.1, 0.15) is 0 Å². The normalized spacial score (nSPS) is 23.3. The highest BCUT2D eigenvalue weighted by Gasteiger charge is 2.38. The molecule has 0 saturated heterocycles. The molecule has 1 N–H and O–H groups in total. The fourth-order valence-corrected chi connectivity index (χ4v) is 1.39. The van der Waals surface area contributed by atoms with Gasteiger partial charge in [0.05, 0.1) is 13.0 Å². The van der Waals surface area contributed by atoms with Crippen molar-refractivity contribution in [2.45, 2.75) is 33.1 Å². The van der Waals surface area contributed by atoms with E-state index in [9.17, 15) is 9.59 Å². The van der Waals surface area contributed by atoms with E-state index in [2.05, 4.69) is 12.2 Å². The molecule has 0 radical (unpaired) electrons. The zero-order chi connectivity index (χ0) is 11.3. The van der Waals surface area contributed by atoms with Gasteiger partial charge in [0, 0.05) is 12.5 Å². The number of rotatable bonds is 6. The molecule has 4 nitrogen and oxygen atoms in total. The predicted molar refractivity (Wildman–Crippen MR) is 56.1 cm³/mol. The van der Waals surface area contributed by atoms with Crippen molar-refractivity contribution >= 4 is 11.9 Å². The smallest absolute Gasteiger partial charge is 0.307 e. The van der Waals surface area contributed by atoms with Crippen LogP contribution >= 0.6 is 0 Å². The Morgan fingerprint density at radius 1 is 1.47 bits per heavy atom. The maximum absolute atomic E-state index is 11.3. The van der Waals surface area contributed by atoms with Gasteiger partial charge in [-0.25, -0.2) is 0 Å². The second-order valence-electron chi connectivity index (χ2n) is 4.08. The molecule has 1 saturated carbocycles. The zero-order valence-electron chi connectivity index (χ0n) is 9.41. The summed E-state index contributed by atoms with van der Waals surface area (Å²) in [6, 6.07) is 0. The summed E-state index contributed by atoms with van der Waals surface area (Å²) in [6.07, 6.45) is 2.08. The number of amides is 1. The van der Waals surface area contributed by atoms with Crippen LogP contribution in [0.25, 0.3) is 0 Å². The van der Waals surface area contributed by atoms with Crippen molar-refractivity contribution < 1.29 is 14.3 Å². The summed E-state index contributed by atoms with van der Waals surface area (Å²) in [5, 5.41) is 2.74. The van der Waals surface area contributed by atoms with E-state index in [0.717, 1.165) is 12.8 Å². The highest BCUT2D eigenvalue weighted by molar-refractivity contribution is 5.81. The Kier molecular flexibility index (Phi) is 4.59. The van der Waals surface area contributed by atoms with Gasteiger partial charge in [0.25, 0.3) is 0 Å². The average Bonchev–Trinajstić information content (AvgIpc) is 2.92. The fourth-order valence-electron chi connectivity index (χ4n) is 1.39. The molecule has 1 aliphatic carbocycles. The van der Waals surface area contributed by atoms with Crippen LogP contribution < -0.4 is 5.32 Å². The number of esters is 1. The van der Waals surface area contributed by atoms with E-state index < -0.39 is 0 Å². The molecule has 0 aromatic rings. The van der Waals surface area contributed by atoms with Crippen molar-refractivity contribution in [3.8, 4) is 0 Å². The molecule has 1 fully saturated rings. The Balaban J connectivity index is 2.00. The molecule has 0 heterocycles. The quantitative estimate of drug-likeness (QED) is 0.672. The van der Waals surface area contributed by atoms with E-state index in [4.69, 9.17) is 4.74 Å². The Bertz CT molecular complexity index is 240. The molecule has 0 spiro atoms. The molecular formula is C11H19NO3. The highest BCUT2D eigenvalue weighted by atomic mass is 16.5. The molecule has 4 heteroatoms. The van der Waals surface area contributed by atoms with Gasteiger partial charge < -0.3 is 10.1 Å². The van der Waals surface area contributed by atoms with E-state index in [1.807, 2.05) is 6.92 Å². The van der Waals surface area contributed by atoms with E-state index in [0.29, 0.717) is 19.1 Å². The number of carbonyl (C=O) groups is 2. The van der Waals surface area contributed by atoms with Crippen LogP contribution in [0.5, 0.6) is 0 Å². The molecule has 0 aromatic carbocycles. The molecule has 1 aliphatic rings. The van der Waals surface area contributed by atoms with E-state index in [1.165, 1.54) is 0 Å². The predicted octanol–water partition coefficient (Wildman–Crippen LogP) is 1.10. The third kappa shape index (κ3) is 4.32. The lowest BCUT2D eigenvalue weighted by atomic mass is 10.3. The first-order valence-corrected chi connectivity index (χ1v) is 5.58. The third-order valence-corrected chi connectivity index (χ3v) is 2.54. The Morgan fingerprint density at radius 3 is 2.67 bits per heavy atom. The van der Waals surface area contributed by atoms with E-state index >= 15 is 0 Å². The number of ether oxygens (including phenoxy) is 1. The molecule has 15 heavy (non-hydrogen) atoms. The Morgan fingerprint density at radius 2 is 2.13 bits per heavy atom. The minimum Gasteiger partial charge on any atom is -0.466 e.